The van der Waals surface area contributed by atoms with Crippen LogP contribution in [0.4, 0.5) is 0 Å². The van der Waals surface area contributed by atoms with Crippen LogP contribution in [-0.2, 0) is 17.9 Å². The zero-order valence-corrected chi connectivity index (χ0v) is 12.1. The maximum absolute atomic E-state index is 5.85. The van der Waals surface area contributed by atoms with Gasteiger partial charge in [-0.05, 0) is 29.7 Å². The van der Waals surface area contributed by atoms with Gasteiger partial charge in [0.25, 0.3) is 0 Å². The Balaban J connectivity index is 1.52. The molecular formula is C18H21NO2. The van der Waals surface area contributed by atoms with E-state index in [9.17, 15) is 0 Å². The highest BCUT2D eigenvalue weighted by Gasteiger charge is 2.14. The van der Waals surface area contributed by atoms with Crippen LogP contribution in [-0.4, -0.2) is 19.3 Å². The molecule has 3 rings (SSSR count). The smallest absolute Gasteiger partial charge is 0.120 e. The number of nitrogens with one attached hydrogen (secondary N) is 1. The average Bonchev–Trinajstić information content (AvgIpc) is 3.06. The molecular weight excluding hydrogens is 262 g/mol. The third-order valence-electron chi connectivity index (χ3n) is 3.67. The first-order valence-corrected chi connectivity index (χ1v) is 7.47. The normalized spacial score (nSPS) is 17.8. The molecule has 110 valence electrons. The third-order valence-corrected chi connectivity index (χ3v) is 3.67. The monoisotopic (exact) mass is 283 g/mol. The molecule has 0 spiro atoms. The number of hydrogen-bond acceptors (Lipinski definition) is 3. The van der Waals surface area contributed by atoms with Crippen molar-refractivity contribution in [2.45, 2.75) is 25.6 Å². The highest BCUT2D eigenvalue weighted by atomic mass is 16.5. The average molecular weight is 283 g/mol. The SMILES string of the molecule is c1ccc(COc2cccc(CNC3CCOC3)c2)cc1. The first kappa shape index (κ1) is 14.1. The van der Waals surface area contributed by atoms with Crippen molar-refractivity contribution in [3.63, 3.8) is 0 Å². The van der Waals surface area contributed by atoms with Crippen LogP contribution in [0.25, 0.3) is 0 Å². The molecule has 1 N–H and O–H groups in total. The standard InChI is InChI=1S/C18H21NO2/c1-2-5-15(6-3-1)13-21-18-8-4-7-16(11-18)12-19-17-9-10-20-14-17/h1-8,11,17,19H,9-10,12-14H2. The fourth-order valence-electron chi connectivity index (χ4n) is 2.44. The van der Waals surface area contributed by atoms with Gasteiger partial charge in [-0.15, -0.1) is 0 Å². The van der Waals surface area contributed by atoms with Crippen LogP contribution >= 0.6 is 0 Å². The van der Waals surface area contributed by atoms with Crippen LogP contribution in [0.3, 0.4) is 0 Å². The second-order valence-electron chi connectivity index (χ2n) is 5.36. The molecule has 0 aliphatic carbocycles. The molecule has 1 fully saturated rings. The number of benzene rings is 2. The van der Waals surface area contributed by atoms with Gasteiger partial charge in [-0.3, -0.25) is 0 Å². The Morgan fingerprint density at radius 1 is 1.05 bits per heavy atom. The van der Waals surface area contributed by atoms with E-state index in [2.05, 4.69) is 29.6 Å². The van der Waals surface area contributed by atoms with Gasteiger partial charge < -0.3 is 14.8 Å². The quantitative estimate of drug-likeness (QED) is 0.883. The zero-order valence-electron chi connectivity index (χ0n) is 12.1. The van der Waals surface area contributed by atoms with Gasteiger partial charge in [0.15, 0.2) is 0 Å². The van der Waals surface area contributed by atoms with E-state index in [1.165, 1.54) is 11.1 Å². The molecule has 2 aromatic rings. The van der Waals surface area contributed by atoms with Crippen LogP contribution < -0.4 is 10.1 Å². The molecule has 1 atom stereocenters. The second-order valence-corrected chi connectivity index (χ2v) is 5.36. The Bertz CT molecular complexity index is 550. The minimum absolute atomic E-state index is 0.485. The largest absolute Gasteiger partial charge is 0.489 e. The lowest BCUT2D eigenvalue weighted by Crippen LogP contribution is -2.28. The van der Waals surface area contributed by atoms with Crippen molar-refractivity contribution in [3.8, 4) is 5.75 Å². The van der Waals surface area contributed by atoms with Crippen molar-refractivity contribution in [1.29, 1.82) is 0 Å². The molecule has 3 heteroatoms. The van der Waals surface area contributed by atoms with Crippen molar-refractivity contribution in [2.24, 2.45) is 0 Å². The first-order valence-electron chi connectivity index (χ1n) is 7.47. The summed E-state index contributed by atoms with van der Waals surface area (Å²) in [7, 11) is 0. The Labute approximate surface area is 125 Å². The molecule has 3 nitrogen and oxygen atoms in total. The molecule has 0 amide bonds. The lowest BCUT2D eigenvalue weighted by Gasteiger charge is -2.12. The van der Waals surface area contributed by atoms with E-state index in [-0.39, 0.29) is 0 Å². The van der Waals surface area contributed by atoms with Gasteiger partial charge in [-0.1, -0.05) is 42.5 Å². The topological polar surface area (TPSA) is 30.5 Å². The Hall–Kier alpha value is -1.84. The highest BCUT2D eigenvalue weighted by Crippen LogP contribution is 2.16. The molecule has 21 heavy (non-hydrogen) atoms. The number of ether oxygens (including phenoxy) is 2. The molecule has 1 aliphatic heterocycles. The van der Waals surface area contributed by atoms with Crippen molar-refractivity contribution >= 4 is 0 Å². The van der Waals surface area contributed by atoms with Crippen LogP contribution in [0.15, 0.2) is 54.6 Å². The van der Waals surface area contributed by atoms with Gasteiger partial charge in [0.2, 0.25) is 0 Å². The maximum Gasteiger partial charge on any atom is 0.120 e. The molecule has 0 aromatic heterocycles. The van der Waals surface area contributed by atoms with E-state index in [0.29, 0.717) is 12.6 Å². The Morgan fingerprint density at radius 3 is 2.71 bits per heavy atom. The van der Waals surface area contributed by atoms with Crippen LogP contribution in [0, 0.1) is 0 Å². The molecule has 0 radical (unpaired) electrons. The summed E-state index contributed by atoms with van der Waals surface area (Å²) in [6.07, 6.45) is 1.10. The summed E-state index contributed by atoms with van der Waals surface area (Å²) in [5, 5.41) is 3.52. The van der Waals surface area contributed by atoms with Gasteiger partial charge in [-0.2, -0.15) is 0 Å². The molecule has 0 bridgehead atoms. The van der Waals surface area contributed by atoms with Gasteiger partial charge >= 0.3 is 0 Å². The minimum atomic E-state index is 0.485. The molecule has 2 aromatic carbocycles. The van der Waals surface area contributed by atoms with Crippen molar-refractivity contribution in [3.05, 3.63) is 65.7 Å². The van der Waals surface area contributed by atoms with Crippen LogP contribution in [0.5, 0.6) is 5.75 Å². The third kappa shape index (κ3) is 4.31. The maximum atomic E-state index is 5.85. The predicted octanol–water partition coefficient (Wildman–Crippen LogP) is 3.14. The van der Waals surface area contributed by atoms with E-state index in [0.717, 1.165) is 31.9 Å². The Kier molecular flexibility index (Phi) is 4.87. The molecule has 1 aliphatic rings. The van der Waals surface area contributed by atoms with E-state index < -0.39 is 0 Å². The lowest BCUT2D eigenvalue weighted by molar-refractivity contribution is 0.190. The fourth-order valence-corrected chi connectivity index (χ4v) is 2.44. The van der Waals surface area contributed by atoms with Crippen LogP contribution in [0.2, 0.25) is 0 Å². The number of hydrogen-bond donors (Lipinski definition) is 1. The summed E-state index contributed by atoms with van der Waals surface area (Å²) >= 11 is 0. The lowest BCUT2D eigenvalue weighted by atomic mass is 10.2. The zero-order chi connectivity index (χ0) is 14.3. The molecule has 0 saturated carbocycles. The second kappa shape index (κ2) is 7.25. The summed E-state index contributed by atoms with van der Waals surface area (Å²) in [6.45, 7) is 3.16. The molecule has 1 saturated heterocycles. The minimum Gasteiger partial charge on any atom is -0.489 e. The molecule has 1 unspecified atom stereocenters. The van der Waals surface area contributed by atoms with E-state index >= 15 is 0 Å². The Morgan fingerprint density at radius 2 is 1.90 bits per heavy atom. The van der Waals surface area contributed by atoms with Crippen LogP contribution in [0.1, 0.15) is 17.5 Å². The first-order chi connectivity index (χ1) is 10.4. The van der Waals surface area contributed by atoms with Crippen molar-refractivity contribution in [1.82, 2.24) is 5.32 Å². The molecule has 1 heterocycles. The van der Waals surface area contributed by atoms with Gasteiger partial charge in [0.1, 0.15) is 12.4 Å². The fraction of sp³-hybridized carbons (Fsp3) is 0.333. The number of rotatable bonds is 6. The summed E-state index contributed by atoms with van der Waals surface area (Å²) in [5.41, 5.74) is 2.43. The van der Waals surface area contributed by atoms with Gasteiger partial charge in [-0.25, -0.2) is 0 Å². The van der Waals surface area contributed by atoms with Crippen molar-refractivity contribution in [2.75, 3.05) is 13.2 Å². The summed E-state index contributed by atoms with van der Waals surface area (Å²) < 4.78 is 11.2. The van der Waals surface area contributed by atoms with E-state index in [1.807, 2.05) is 30.3 Å². The van der Waals surface area contributed by atoms with Crippen molar-refractivity contribution < 1.29 is 9.47 Å². The predicted molar refractivity (Wildman–Crippen MR) is 83.3 cm³/mol. The highest BCUT2D eigenvalue weighted by molar-refractivity contribution is 5.29. The van der Waals surface area contributed by atoms with E-state index in [1.54, 1.807) is 0 Å². The summed E-state index contributed by atoms with van der Waals surface area (Å²) in [5.74, 6) is 0.917. The van der Waals surface area contributed by atoms with Gasteiger partial charge in [0, 0.05) is 19.2 Å². The summed E-state index contributed by atoms with van der Waals surface area (Å²) in [4.78, 5) is 0. The van der Waals surface area contributed by atoms with Gasteiger partial charge in [0.05, 0.1) is 6.61 Å². The summed E-state index contributed by atoms with van der Waals surface area (Å²) in [6, 6.07) is 19.0. The van der Waals surface area contributed by atoms with E-state index in [4.69, 9.17) is 9.47 Å².